The van der Waals surface area contributed by atoms with Crippen LogP contribution in [0.5, 0.6) is 0 Å². The van der Waals surface area contributed by atoms with Crippen LogP contribution in [-0.4, -0.2) is 30.7 Å². The summed E-state index contributed by atoms with van der Waals surface area (Å²) in [6.07, 6.45) is 0. The molecule has 1 aliphatic heterocycles. The first-order valence-electron chi connectivity index (χ1n) is 3.72. The first kappa shape index (κ1) is 9.47. The number of rotatable bonds is 1. The van der Waals surface area contributed by atoms with Crippen molar-refractivity contribution in [2.75, 3.05) is 0 Å². The minimum Gasteiger partial charge on any atom is -0.272 e. The number of hydrogen-bond donors (Lipinski definition) is 1. The molecule has 1 amide bonds. The van der Waals surface area contributed by atoms with E-state index in [0.29, 0.717) is 0 Å². The third-order valence-electron chi connectivity index (χ3n) is 1.64. The number of nitrogens with one attached hydrogen (secondary N) is 1. The Morgan fingerprint density at radius 2 is 2.00 bits per heavy atom. The van der Waals surface area contributed by atoms with Crippen molar-refractivity contribution in [2.45, 2.75) is 32.9 Å². The molecule has 0 saturated carbocycles. The van der Waals surface area contributed by atoms with Gasteiger partial charge in [-0.3, -0.25) is 4.79 Å². The van der Waals surface area contributed by atoms with Crippen molar-refractivity contribution < 1.29 is 13.2 Å². The van der Waals surface area contributed by atoms with Crippen LogP contribution >= 0.6 is 0 Å². The van der Waals surface area contributed by atoms with E-state index in [-0.39, 0.29) is 11.9 Å². The molecule has 0 bridgehead atoms. The summed E-state index contributed by atoms with van der Waals surface area (Å²) >= 11 is 0. The molecule has 1 rings (SSSR count). The van der Waals surface area contributed by atoms with Crippen LogP contribution in [0.3, 0.4) is 0 Å². The van der Waals surface area contributed by atoms with Crippen LogP contribution in [0, 0.1) is 0 Å². The Hall–Kier alpha value is -0.620. The van der Waals surface area contributed by atoms with E-state index in [9.17, 15) is 13.2 Å². The zero-order valence-corrected chi connectivity index (χ0v) is 8.05. The van der Waals surface area contributed by atoms with Crippen molar-refractivity contribution >= 4 is 16.1 Å². The predicted molar refractivity (Wildman–Crippen MR) is 43.5 cm³/mol. The minimum absolute atomic E-state index is 0.319. The maximum Gasteiger partial charge on any atom is 0.304 e. The second-order valence-corrected chi connectivity index (χ2v) is 4.65. The number of nitrogens with zero attached hydrogens (tertiary/aromatic N) is 1. The summed E-state index contributed by atoms with van der Waals surface area (Å²) in [6.45, 7) is 4.85. The van der Waals surface area contributed by atoms with Gasteiger partial charge in [-0.1, -0.05) is 0 Å². The molecule has 0 radical (unpaired) electrons. The molecule has 1 aliphatic rings. The lowest BCUT2D eigenvalue weighted by Gasteiger charge is -2.17. The topological polar surface area (TPSA) is 66.5 Å². The standard InChI is InChI=1S/C6H12N2O3S/c1-4(2)8-6(9)5(3)7-12(8,10)11/h4-5,7H,1-3H3. The third kappa shape index (κ3) is 1.32. The molecular formula is C6H12N2O3S. The fraction of sp³-hybridized carbons (Fsp3) is 0.833. The molecule has 12 heavy (non-hydrogen) atoms. The minimum atomic E-state index is -3.55. The van der Waals surface area contributed by atoms with E-state index in [4.69, 9.17) is 0 Å². The summed E-state index contributed by atoms with van der Waals surface area (Å²) in [5.41, 5.74) is 0. The van der Waals surface area contributed by atoms with Crippen molar-refractivity contribution in [3.05, 3.63) is 0 Å². The van der Waals surface area contributed by atoms with Crippen molar-refractivity contribution in [3.8, 4) is 0 Å². The van der Waals surface area contributed by atoms with Crippen LogP contribution in [-0.2, 0) is 15.0 Å². The van der Waals surface area contributed by atoms with Crippen LogP contribution in [0.25, 0.3) is 0 Å². The Morgan fingerprint density at radius 1 is 1.50 bits per heavy atom. The van der Waals surface area contributed by atoms with E-state index in [1.807, 2.05) is 0 Å². The molecule has 5 nitrogen and oxygen atoms in total. The fourth-order valence-electron chi connectivity index (χ4n) is 1.17. The van der Waals surface area contributed by atoms with Gasteiger partial charge in [0.2, 0.25) is 0 Å². The highest BCUT2D eigenvalue weighted by molar-refractivity contribution is 7.88. The van der Waals surface area contributed by atoms with Crippen LogP contribution in [0.15, 0.2) is 0 Å². The Labute approximate surface area is 71.9 Å². The molecule has 1 saturated heterocycles. The van der Waals surface area contributed by atoms with Gasteiger partial charge >= 0.3 is 10.2 Å². The van der Waals surface area contributed by atoms with Crippen molar-refractivity contribution in [3.63, 3.8) is 0 Å². The Bertz CT molecular complexity index is 296. The van der Waals surface area contributed by atoms with Crippen molar-refractivity contribution in [1.29, 1.82) is 0 Å². The molecule has 1 atom stereocenters. The van der Waals surface area contributed by atoms with Crippen LogP contribution in [0.1, 0.15) is 20.8 Å². The number of carbonyl (C=O) groups excluding carboxylic acids is 1. The molecule has 70 valence electrons. The third-order valence-corrected chi connectivity index (χ3v) is 3.41. The summed E-state index contributed by atoms with van der Waals surface area (Å²) in [5, 5.41) is 0. The zero-order chi connectivity index (χ0) is 9.52. The lowest BCUT2D eigenvalue weighted by Crippen LogP contribution is -2.37. The smallest absolute Gasteiger partial charge is 0.272 e. The average molecular weight is 192 g/mol. The van der Waals surface area contributed by atoms with Crippen LogP contribution < -0.4 is 4.72 Å². The summed E-state index contributed by atoms with van der Waals surface area (Å²) in [7, 11) is -3.55. The molecule has 0 aromatic rings. The summed E-state index contributed by atoms with van der Waals surface area (Å²) in [4.78, 5) is 11.2. The van der Waals surface area contributed by atoms with E-state index in [1.54, 1.807) is 13.8 Å². The van der Waals surface area contributed by atoms with Crippen LogP contribution in [0.4, 0.5) is 0 Å². The van der Waals surface area contributed by atoms with Gasteiger partial charge in [-0.2, -0.15) is 13.1 Å². The molecule has 1 fully saturated rings. The highest BCUT2D eigenvalue weighted by Crippen LogP contribution is 2.14. The fourth-order valence-corrected chi connectivity index (χ4v) is 2.78. The number of carbonyl (C=O) groups is 1. The first-order chi connectivity index (χ1) is 5.36. The zero-order valence-electron chi connectivity index (χ0n) is 7.23. The Morgan fingerprint density at radius 3 is 2.17 bits per heavy atom. The molecule has 0 aromatic carbocycles. The van der Waals surface area contributed by atoms with Crippen molar-refractivity contribution in [2.24, 2.45) is 0 Å². The molecular weight excluding hydrogens is 180 g/mol. The molecule has 0 aromatic heterocycles. The first-order valence-corrected chi connectivity index (χ1v) is 5.16. The molecule has 6 heteroatoms. The highest BCUT2D eigenvalue weighted by Gasteiger charge is 2.41. The molecule has 0 aliphatic carbocycles. The summed E-state index contributed by atoms with van der Waals surface area (Å²) in [5.74, 6) is -0.384. The van der Waals surface area contributed by atoms with Gasteiger partial charge in [0, 0.05) is 6.04 Å². The Balaban J connectivity index is 3.06. The lowest BCUT2D eigenvalue weighted by atomic mass is 10.3. The van der Waals surface area contributed by atoms with Crippen molar-refractivity contribution in [1.82, 2.24) is 9.03 Å². The SMILES string of the molecule is CC1NS(=O)(=O)N(C(C)C)C1=O. The average Bonchev–Trinajstić information content (AvgIpc) is 2.01. The van der Waals surface area contributed by atoms with Crippen LogP contribution in [0.2, 0.25) is 0 Å². The van der Waals surface area contributed by atoms with Gasteiger partial charge in [0.15, 0.2) is 0 Å². The van der Waals surface area contributed by atoms with Gasteiger partial charge in [-0.25, -0.2) is 4.31 Å². The Kier molecular flexibility index (Phi) is 2.13. The van der Waals surface area contributed by atoms with Gasteiger partial charge in [0.25, 0.3) is 5.91 Å². The molecule has 1 unspecified atom stereocenters. The van der Waals surface area contributed by atoms with Gasteiger partial charge in [-0.05, 0) is 20.8 Å². The van der Waals surface area contributed by atoms with Gasteiger partial charge in [-0.15, -0.1) is 0 Å². The molecule has 1 heterocycles. The second-order valence-electron chi connectivity index (χ2n) is 3.07. The van der Waals surface area contributed by atoms with E-state index in [0.717, 1.165) is 4.31 Å². The molecule has 1 N–H and O–H groups in total. The van der Waals surface area contributed by atoms with E-state index in [2.05, 4.69) is 4.72 Å². The normalized spacial score (nSPS) is 28.5. The largest absolute Gasteiger partial charge is 0.304 e. The van der Waals surface area contributed by atoms with Gasteiger partial charge < -0.3 is 0 Å². The highest BCUT2D eigenvalue weighted by atomic mass is 32.2. The van der Waals surface area contributed by atoms with E-state index < -0.39 is 16.3 Å². The van der Waals surface area contributed by atoms with Gasteiger partial charge in [0.05, 0.1) is 0 Å². The van der Waals surface area contributed by atoms with E-state index in [1.165, 1.54) is 6.92 Å². The summed E-state index contributed by atoms with van der Waals surface area (Å²) in [6, 6.07) is -0.947. The van der Waals surface area contributed by atoms with Gasteiger partial charge in [0.1, 0.15) is 6.04 Å². The number of hydrogen-bond acceptors (Lipinski definition) is 3. The summed E-state index contributed by atoms with van der Waals surface area (Å²) < 4.78 is 25.5. The maximum absolute atomic E-state index is 11.2. The maximum atomic E-state index is 11.2. The monoisotopic (exact) mass is 192 g/mol. The van der Waals surface area contributed by atoms with E-state index >= 15 is 0 Å². The number of amides is 1. The second kappa shape index (κ2) is 2.70. The lowest BCUT2D eigenvalue weighted by molar-refractivity contribution is -0.127. The molecule has 0 spiro atoms. The quantitative estimate of drug-likeness (QED) is 0.606. The predicted octanol–water partition coefficient (Wildman–Crippen LogP) is -0.540.